The zero-order valence-corrected chi connectivity index (χ0v) is 11.2. The second-order valence-electron chi connectivity index (χ2n) is 5.09. The Kier molecular flexibility index (Phi) is 4.87. The van der Waals surface area contributed by atoms with Crippen LogP contribution in [-0.2, 0) is 14.4 Å². The minimum atomic E-state index is -0.877. The molecule has 18 heavy (non-hydrogen) atoms. The molecule has 102 valence electrons. The Hall–Kier alpha value is -0.940. The molecule has 0 bridgehead atoms. The number of hydrogen-bond donors (Lipinski definition) is 2. The largest absolute Gasteiger partial charge is 0.321 e. The van der Waals surface area contributed by atoms with Crippen LogP contribution in [0.5, 0.6) is 0 Å². The number of carbonyl (C=O) groups excluding carboxylic acids is 3. The lowest BCUT2D eigenvalue weighted by Gasteiger charge is -2.21. The quantitative estimate of drug-likeness (QED) is 0.576. The SMILES string of the molecule is C[C@@H]1C(=O)NC(=O)[C@H]1C(=O)[C@@H](N)C1CCCC1.Cl. The fourth-order valence-electron chi connectivity index (χ4n) is 2.82. The predicted octanol–water partition coefficient (Wildman–Crippen LogP) is 0.403. The summed E-state index contributed by atoms with van der Waals surface area (Å²) in [5, 5.41) is 2.19. The zero-order valence-electron chi connectivity index (χ0n) is 10.3. The average Bonchev–Trinajstić information content (AvgIpc) is 2.87. The maximum Gasteiger partial charge on any atom is 0.238 e. The zero-order chi connectivity index (χ0) is 12.6. The van der Waals surface area contributed by atoms with Gasteiger partial charge in [0.05, 0.1) is 12.0 Å². The molecule has 0 aromatic heterocycles. The van der Waals surface area contributed by atoms with Crippen LogP contribution in [0, 0.1) is 17.8 Å². The van der Waals surface area contributed by atoms with E-state index in [1.807, 2.05) is 0 Å². The topological polar surface area (TPSA) is 89.3 Å². The lowest BCUT2D eigenvalue weighted by molar-refractivity contribution is -0.134. The van der Waals surface area contributed by atoms with Crippen molar-refractivity contribution in [1.82, 2.24) is 5.32 Å². The van der Waals surface area contributed by atoms with E-state index in [0.717, 1.165) is 25.7 Å². The van der Waals surface area contributed by atoms with Crippen molar-refractivity contribution in [3.8, 4) is 0 Å². The minimum Gasteiger partial charge on any atom is -0.321 e. The second kappa shape index (κ2) is 5.80. The molecule has 2 amide bonds. The van der Waals surface area contributed by atoms with Crippen LogP contribution in [0.25, 0.3) is 0 Å². The predicted molar refractivity (Wildman–Crippen MR) is 68.0 cm³/mol. The summed E-state index contributed by atoms with van der Waals surface area (Å²) in [4.78, 5) is 35.0. The normalized spacial score (nSPS) is 29.9. The van der Waals surface area contributed by atoms with E-state index in [1.165, 1.54) is 0 Å². The van der Waals surface area contributed by atoms with E-state index in [2.05, 4.69) is 5.32 Å². The lowest BCUT2D eigenvalue weighted by atomic mass is 9.84. The smallest absolute Gasteiger partial charge is 0.238 e. The number of ketones is 1. The second-order valence-corrected chi connectivity index (χ2v) is 5.09. The summed E-state index contributed by atoms with van der Waals surface area (Å²) < 4.78 is 0. The summed E-state index contributed by atoms with van der Waals surface area (Å²) in [6.07, 6.45) is 4.08. The number of nitrogens with one attached hydrogen (secondary N) is 1. The molecule has 0 radical (unpaired) electrons. The third kappa shape index (κ3) is 2.57. The molecule has 2 aliphatic rings. The molecule has 0 aromatic rings. The van der Waals surface area contributed by atoms with E-state index < -0.39 is 23.8 Å². The number of hydrogen-bond acceptors (Lipinski definition) is 4. The van der Waals surface area contributed by atoms with Crippen molar-refractivity contribution in [2.75, 3.05) is 0 Å². The van der Waals surface area contributed by atoms with Gasteiger partial charge in [-0.3, -0.25) is 19.7 Å². The van der Waals surface area contributed by atoms with Crippen molar-refractivity contribution in [3.63, 3.8) is 0 Å². The van der Waals surface area contributed by atoms with Crippen molar-refractivity contribution in [2.45, 2.75) is 38.6 Å². The van der Waals surface area contributed by atoms with Gasteiger partial charge in [-0.05, 0) is 18.8 Å². The van der Waals surface area contributed by atoms with Gasteiger partial charge in [0.1, 0.15) is 5.92 Å². The van der Waals surface area contributed by atoms with Gasteiger partial charge in [-0.15, -0.1) is 12.4 Å². The Balaban J connectivity index is 0.00000162. The van der Waals surface area contributed by atoms with E-state index in [-0.39, 0.29) is 30.0 Å². The standard InChI is InChI=1S/C12H18N2O3.ClH/c1-6-8(12(17)14-11(6)16)10(15)9(13)7-4-2-3-5-7;/h6-9H,2-5,13H2,1H3,(H,14,16,17);1H/t6-,8+,9-;/m0./s1. The highest BCUT2D eigenvalue weighted by molar-refractivity contribution is 6.16. The first-order chi connectivity index (χ1) is 8.02. The third-order valence-electron chi connectivity index (χ3n) is 3.99. The minimum absolute atomic E-state index is 0. The van der Waals surface area contributed by atoms with E-state index in [4.69, 9.17) is 5.73 Å². The average molecular weight is 275 g/mol. The summed E-state index contributed by atoms with van der Waals surface area (Å²) >= 11 is 0. The molecule has 1 aliphatic carbocycles. The molecule has 2 fully saturated rings. The molecule has 0 aromatic carbocycles. The number of Topliss-reactive ketones (excluding diaryl/α,β-unsaturated/α-hetero) is 1. The fourth-order valence-corrected chi connectivity index (χ4v) is 2.82. The Morgan fingerprint density at radius 1 is 1.28 bits per heavy atom. The molecule has 2 rings (SSSR count). The van der Waals surface area contributed by atoms with Gasteiger partial charge in [-0.25, -0.2) is 0 Å². The summed E-state index contributed by atoms with van der Waals surface area (Å²) in [5.74, 6) is -2.40. The molecular weight excluding hydrogens is 256 g/mol. The molecule has 1 saturated carbocycles. The first-order valence-corrected chi connectivity index (χ1v) is 6.16. The molecule has 1 heterocycles. The molecular formula is C12H19ClN2O3. The van der Waals surface area contributed by atoms with Crippen LogP contribution < -0.4 is 11.1 Å². The molecule has 0 unspecified atom stereocenters. The van der Waals surface area contributed by atoms with Crippen LogP contribution >= 0.6 is 12.4 Å². The van der Waals surface area contributed by atoms with Crippen molar-refractivity contribution in [1.29, 1.82) is 0 Å². The molecule has 3 N–H and O–H groups in total. The summed E-state index contributed by atoms with van der Waals surface area (Å²) in [5.41, 5.74) is 5.93. The molecule has 0 spiro atoms. The molecule has 3 atom stereocenters. The highest BCUT2D eigenvalue weighted by atomic mass is 35.5. The Bertz CT molecular complexity index is 366. The first kappa shape index (κ1) is 15.1. The van der Waals surface area contributed by atoms with E-state index in [9.17, 15) is 14.4 Å². The van der Waals surface area contributed by atoms with Crippen molar-refractivity contribution in [2.24, 2.45) is 23.5 Å². The highest BCUT2D eigenvalue weighted by Gasteiger charge is 2.46. The van der Waals surface area contributed by atoms with Gasteiger partial charge in [0.15, 0.2) is 5.78 Å². The molecule has 6 heteroatoms. The molecule has 1 saturated heterocycles. The van der Waals surface area contributed by atoms with Crippen LogP contribution in [0.2, 0.25) is 0 Å². The number of carbonyl (C=O) groups is 3. The summed E-state index contributed by atoms with van der Waals surface area (Å²) in [6.45, 7) is 1.60. The number of imide groups is 1. The fraction of sp³-hybridized carbons (Fsp3) is 0.750. The number of rotatable bonds is 3. The summed E-state index contributed by atoms with van der Waals surface area (Å²) in [6, 6.07) is -0.596. The van der Waals surface area contributed by atoms with Crippen LogP contribution in [-0.4, -0.2) is 23.6 Å². The van der Waals surface area contributed by atoms with Gasteiger partial charge in [0, 0.05) is 0 Å². The highest BCUT2D eigenvalue weighted by Crippen LogP contribution is 2.30. The van der Waals surface area contributed by atoms with E-state index in [0.29, 0.717) is 0 Å². The van der Waals surface area contributed by atoms with E-state index in [1.54, 1.807) is 6.92 Å². The van der Waals surface area contributed by atoms with Crippen molar-refractivity contribution in [3.05, 3.63) is 0 Å². The van der Waals surface area contributed by atoms with Gasteiger partial charge in [0.25, 0.3) is 0 Å². The molecule has 5 nitrogen and oxygen atoms in total. The van der Waals surface area contributed by atoms with Gasteiger partial charge >= 0.3 is 0 Å². The third-order valence-corrected chi connectivity index (χ3v) is 3.99. The molecule has 1 aliphatic heterocycles. The Labute approximate surface area is 112 Å². The number of nitrogens with two attached hydrogens (primary N) is 1. The van der Waals surface area contributed by atoms with Crippen LogP contribution in [0.4, 0.5) is 0 Å². The van der Waals surface area contributed by atoms with Gasteiger partial charge in [0.2, 0.25) is 11.8 Å². The van der Waals surface area contributed by atoms with Crippen LogP contribution in [0.15, 0.2) is 0 Å². The first-order valence-electron chi connectivity index (χ1n) is 6.16. The monoisotopic (exact) mass is 274 g/mol. The van der Waals surface area contributed by atoms with Gasteiger partial charge < -0.3 is 5.73 Å². The van der Waals surface area contributed by atoms with Crippen molar-refractivity contribution >= 4 is 30.0 Å². The maximum absolute atomic E-state index is 12.2. The Morgan fingerprint density at radius 2 is 1.83 bits per heavy atom. The lowest BCUT2D eigenvalue weighted by Crippen LogP contribution is -2.44. The maximum atomic E-state index is 12.2. The van der Waals surface area contributed by atoms with Crippen LogP contribution in [0.1, 0.15) is 32.6 Å². The van der Waals surface area contributed by atoms with Crippen molar-refractivity contribution < 1.29 is 14.4 Å². The van der Waals surface area contributed by atoms with Gasteiger partial charge in [-0.1, -0.05) is 19.8 Å². The number of amides is 2. The van der Waals surface area contributed by atoms with Gasteiger partial charge in [-0.2, -0.15) is 0 Å². The summed E-state index contributed by atoms with van der Waals surface area (Å²) in [7, 11) is 0. The van der Waals surface area contributed by atoms with Crippen LogP contribution in [0.3, 0.4) is 0 Å². The Morgan fingerprint density at radius 3 is 2.28 bits per heavy atom. The number of halogens is 1. The van der Waals surface area contributed by atoms with E-state index >= 15 is 0 Å².